The first-order valence-electron chi connectivity index (χ1n) is 10.5. The molecule has 4 rings (SSSR count). The molecule has 2 heterocycles. The van der Waals surface area contributed by atoms with Crippen molar-refractivity contribution >= 4 is 5.91 Å². The first kappa shape index (κ1) is 18.8. The molecule has 2 fully saturated rings. The van der Waals surface area contributed by atoms with E-state index < -0.39 is 0 Å². The summed E-state index contributed by atoms with van der Waals surface area (Å²) in [5.74, 6) is 1.01. The van der Waals surface area contributed by atoms with Gasteiger partial charge in [-0.2, -0.15) is 0 Å². The molecule has 2 saturated heterocycles. The van der Waals surface area contributed by atoms with Gasteiger partial charge in [0.1, 0.15) is 5.75 Å². The molecule has 1 aliphatic carbocycles. The highest BCUT2D eigenvalue weighted by Gasteiger charge is 2.50. The fourth-order valence-electron chi connectivity index (χ4n) is 5.76. The molecule has 2 bridgehead atoms. The van der Waals surface area contributed by atoms with E-state index in [0.717, 1.165) is 45.2 Å². The number of rotatable bonds is 4. The smallest absolute Gasteiger partial charge is 0.237 e. The lowest BCUT2D eigenvalue weighted by atomic mass is 9.56. The minimum atomic E-state index is -0.0263. The predicted molar refractivity (Wildman–Crippen MR) is 107 cm³/mol. The van der Waals surface area contributed by atoms with Crippen LogP contribution in [0.4, 0.5) is 0 Å². The normalized spacial score (nSPS) is 33.3. The number of carbonyl (C=O) groups excluding carboxylic acids is 1. The van der Waals surface area contributed by atoms with E-state index in [1.807, 2.05) is 12.1 Å². The molecule has 3 N–H and O–H groups in total. The van der Waals surface area contributed by atoms with Crippen molar-refractivity contribution in [2.45, 2.75) is 62.9 Å². The van der Waals surface area contributed by atoms with Crippen molar-refractivity contribution in [2.75, 3.05) is 26.7 Å². The lowest BCUT2D eigenvalue weighted by Crippen LogP contribution is -2.58. The van der Waals surface area contributed by atoms with Gasteiger partial charge in [0.05, 0.1) is 6.04 Å². The maximum Gasteiger partial charge on any atom is 0.237 e. The molecule has 1 unspecified atom stereocenters. The average molecular weight is 372 g/mol. The van der Waals surface area contributed by atoms with Gasteiger partial charge in [-0.15, -0.1) is 0 Å². The third kappa shape index (κ3) is 3.36. The van der Waals surface area contributed by atoms with Crippen molar-refractivity contribution in [1.29, 1.82) is 0 Å². The Morgan fingerprint density at radius 1 is 1.41 bits per heavy atom. The molecule has 0 spiro atoms. The molecule has 1 aromatic carbocycles. The summed E-state index contributed by atoms with van der Waals surface area (Å²) in [6, 6.07) is 6.40. The molecule has 1 amide bonds. The third-order valence-electron chi connectivity index (χ3n) is 7.48. The fourth-order valence-corrected chi connectivity index (χ4v) is 5.76. The highest BCUT2D eigenvalue weighted by Crippen LogP contribution is 2.51. The van der Waals surface area contributed by atoms with Crippen LogP contribution in [-0.2, 0) is 16.6 Å². The molecule has 1 aromatic rings. The number of hydrogen-bond donors (Lipinski definition) is 3. The maximum atomic E-state index is 12.5. The quantitative estimate of drug-likeness (QED) is 0.759. The van der Waals surface area contributed by atoms with E-state index in [0.29, 0.717) is 24.3 Å². The molecular formula is C22H33N3O2. The van der Waals surface area contributed by atoms with Gasteiger partial charge in [-0.25, -0.2) is 0 Å². The maximum absolute atomic E-state index is 12.5. The second-order valence-electron chi connectivity index (χ2n) is 8.83. The zero-order valence-corrected chi connectivity index (χ0v) is 16.6. The summed E-state index contributed by atoms with van der Waals surface area (Å²) in [7, 11) is 2.23. The summed E-state index contributed by atoms with van der Waals surface area (Å²) in [5.41, 5.74) is 2.71. The SMILES string of the molecule is C[C@H]1[C@H]2Cc3ccc(O)cc3C1(CCNC(=O)[C@@H]1CCCCN1)CCN2C. The number of nitrogens with zero attached hydrogens (tertiary/aromatic N) is 1. The van der Waals surface area contributed by atoms with Crippen LogP contribution in [0, 0.1) is 5.92 Å². The van der Waals surface area contributed by atoms with E-state index in [1.165, 1.54) is 17.5 Å². The van der Waals surface area contributed by atoms with Crippen molar-refractivity contribution in [2.24, 2.45) is 5.92 Å². The van der Waals surface area contributed by atoms with Crippen molar-refractivity contribution in [3.63, 3.8) is 0 Å². The van der Waals surface area contributed by atoms with Gasteiger partial charge in [-0.3, -0.25) is 4.79 Å². The number of phenols is 1. The number of nitrogens with one attached hydrogen (secondary N) is 2. The minimum absolute atomic E-state index is 0.0263. The highest BCUT2D eigenvalue weighted by molar-refractivity contribution is 5.81. The highest BCUT2D eigenvalue weighted by atomic mass is 16.3. The van der Waals surface area contributed by atoms with Crippen molar-refractivity contribution < 1.29 is 9.90 Å². The van der Waals surface area contributed by atoms with Gasteiger partial charge >= 0.3 is 0 Å². The summed E-state index contributed by atoms with van der Waals surface area (Å²) < 4.78 is 0. The Morgan fingerprint density at radius 2 is 2.26 bits per heavy atom. The number of hydrogen-bond acceptors (Lipinski definition) is 4. The molecule has 0 saturated carbocycles. The largest absolute Gasteiger partial charge is 0.508 e. The Kier molecular flexibility index (Phi) is 5.17. The lowest BCUT2D eigenvalue weighted by molar-refractivity contribution is -0.123. The van der Waals surface area contributed by atoms with Crippen LogP contribution in [0.1, 0.15) is 50.2 Å². The number of likely N-dealkylation sites (tertiary alicyclic amines) is 1. The third-order valence-corrected chi connectivity index (χ3v) is 7.48. The lowest BCUT2D eigenvalue weighted by Gasteiger charge is -2.55. The fraction of sp³-hybridized carbons (Fsp3) is 0.682. The first-order valence-corrected chi connectivity index (χ1v) is 10.5. The monoisotopic (exact) mass is 371 g/mol. The van der Waals surface area contributed by atoms with Gasteiger partial charge < -0.3 is 20.6 Å². The molecule has 148 valence electrons. The summed E-state index contributed by atoms with van der Waals surface area (Å²) in [6.07, 6.45) is 6.30. The number of amides is 1. The number of benzene rings is 1. The molecule has 4 atom stereocenters. The van der Waals surface area contributed by atoms with E-state index in [2.05, 4.69) is 35.6 Å². The van der Waals surface area contributed by atoms with E-state index in [4.69, 9.17) is 0 Å². The molecule has 3 aliphatic rings. The first-order chi connectivity index (χ1) is 13.0. The number of fused-ring (bicyclic) bond motifs is 4. The second-order valence-corrected chi connectivity index (χ2v) is 8.83. The Bertz CT molecular complexity index is 701. The predicted octanol–water partition coefficient (Wildman–Crippen LogP) is 2.17. The van der Waals surface area contributed by atoms with Gasteiger partial charge in [-0.1, -0.05) is 19.4 Å². The van der Waals surface area contributed by atoms with E-state index >= 15 is 0 Å². The zero-order chi connectivity index (χ0) is 19.0. The van der Waals surface area contributed by atoms with Crippen LogP contribution < -0.4 is 10.6 Å². The zero-order valence-electron chi connectivity index (χ0n) is 16.6. The number of carbonyl (C=O) groups is 1. The van der Waals surface area contributed by atoms with Crippen molar-refractivity contribution in [3.05, 3.63) is 29.3 Å². The Morgan fingerprint density at radius 3 is 3.04 bits per heavy atom. The van der Waals surface area contributed by atoms with Crippen molar-refractivity contribution in [1.82, 2.24) is 15.5 Å². The summed E-state index contributed by atoms with van der Waals surface area (Å²) in [4.78, 5) is 15.0. The van der Waals surface area contributed by atoms with Crippen LogP contribution in [-0.4, -0.2) is 54.7 Å². The molecule has 2 aliphatic heterocycles. The molecule has 5 heteroatoms. The molecule has 0 radical (unpaired) electrons. The second kappa shape index (κ2) is 7.44. The van der Waals surface area contributed by atoms with Crippen molar-refractivity contribution in [3.8, 4) is 5.75 Å². The van der Waals surface area contributed by atoms with Gasteiger partial charge in [0.2, 0.25) is 5.91 Å². The van der Waals surface area contributed by atoms with Crippen LogP contribution in [0.5, 0.6) is 5.75 Å². The van der Waals surface area contributed by atoms with E-state index in [9.17, 15) is 9.90 Å². The van der Waals surface area contributed by atoms with Gasteiger partial charge in [0.15, 0.2) is 0 Å². The number of phenolic OH excluding ortho intramolecular Hbond substituents is 1. The Balaban J connectivity index is 1.52. The molecule has 0 aromatic heterocycles. The molecular weight excluding hydrogens is 338 g/mol. The van der Waals surface area contributed by atoms with Crippen LogP contribution in [0.15, 0.2) is 18.2 Å². The topological polar surface area (TPSA) is 64.6 Å². The van der Waals surface area contributed by atoms with Crippen LogP contribution >= 0.6 is 0 Å². The van der Waals surface area contributed by atoms with Crippen LogP contribution in [0.25, 0.3) is 0 Å². The molecule has 5 nitrogen and oxygen atoms in total. The standard InChI is InChI=1S/C22H33N3O2/c1-15-20-13-16-6-7-17(26)14-18(16)22(15,9-12-25(20)2)8-11-24-21(27)19-5-3-4-10-23-19/h6-7,14-15,19-20,23,26H,3-5,8-13H2,1-2H3,(H,24,27)/t15-,19-,20+,22?/m0/s1. The summed E-state index contributed by atoms with van der Waals surface area (Å²) in [6.45, 7) is 5.08. The Labute approximate surface area is 162 Å². The minimum Gasteiger partial charge on any atom is -0.508 e. The number of likely N-dealkylation sites (N-methyl/N-ethyl adjacent to an activating group) is 1. The van der Waals surface area contributed by atoms with E-state index in [-0.39, 0.29) is 17.4 Å². The number of aromatic hydroxyl groups is 1. The van der Waals surface area contributed by atoms with E-state index in [1.54, 1.807) is 0 Å². The Hall–Kier alpha value is -1.59. The molecule has 27 heavy (non-hydrogen) atoms. The summed E-state index contributed by atoms with van der Waals surface area (Å²) >= 11 is 0. The number of piperidine rings is 2. The summed E-state index contributed by atoms with van der Waals surface area (Å²) in [5, 5.41) is 16.7. The van der Waals surface area contributed by atoms with Gasteiger partial charge in [0.25, 0.3) is 0 Å². The van der Waals surface area contributed by atoms with Gasteiger partial charge in [0, 0.05) is 18.0 Å². The van der Waals surface area contributed by atoms with Crippen LogP contribution in [0.2, 0.25) is 0 Å². The van der Waals surface area contributed by atoms with Gasteiger partial charge in [-0.05, 0) is 81.4 Å². The van der Waals surface area contributed by atoms with Crippen LogP contribution in [0.3, 0.4) is 0 Å². The average Bonchev–Trinajstić information content (AvgIpc) is 2.68.